The molecule has 0 bridgehead atoms. The lowest BCUT2D eigenvalue weighted by atomic mass is 10.1. The topological polar surface area (TPSA) is 72.5 Å². The predicted octanol–water partition coefficient (Wildman–Crippen LogP) is 2.55. The quantitative estimate of drug-likeness (QED) is 0.587. The minimum absolute atomic E-state index is 0.0674. The fraction of sp³-hybridized carbons (Fsp3) is 0.357. The third kappa shape index (κ3) is 6.41. The summed E-state index contributed by atoms with van der Waals surface area (Å²) in [5.74, 6) is -0.608. The van der Waals surface area contributed by atoms with E-state index in [2.05, 4.69) is 25.4 Å². The summed E-state index contributed by atoms with van der Waals surface area (Å²) in [4.78, 5) is 11.5. The maximum Gasteiger partial charge on any atom is 0.307 e. The first-order valence-electron chi connectivity index (χ1n) is 6.31. The van der Waals surface area contributed by atoms with E-state index < -0.39 is 22.0 Å². The smallest absolute Gasteiger partial charge is 0.307 e. The van der Waals surface area contributed by atoms with Crippen LogP contribution in [0.3, 0.4) is 0 Å². The largest absolute Gasteiger partial charge is 0.469 e. The van der Waals surface area contributed by atoms with Crippen LogP contribution in [0.5, 0.6) is 0 Å². The predicted molar refractivity (Wildman–Crippen MR) is 85.3 cm³/mol. The molecule has 0 radical (unpaired) electrons. The molecule has 5 nitrogen and oxygen atoms in total. The maximum absolute atomic E-state index is 12.0. The van der Waals surface area contributed by atoms with Gasteiger partial charge in [0.1, 0.15) is 0 Å². The van der Waals surface area contributed by atoms with Crippen molar-refractivity contribution >= 4 is 31.9 Å². The molecule has 0 saturated carbocycles. The van der Waals surface area contributed by atoms with Crippen LogP contribution in [0.4, 0.5) is 0 Å². The first kappa shape index (κ1) is 17.9. The van der Waals surface area contributed by atoms with Gasteiger partial charge in [-0.2, -0.15) is 0 Å². The number of hydrogen-bond donors (Lipinski definition) is 1. The van der Waals surface area contributed by atoms with Gasteiger partial charge in [0.25, 0.3) is 0 Å². The zero-order valence-electron chi connectivity index (χ0n) is 11.9. The van der Waals surface area contributed by atoms with Gasteiger partial charge in [-0.15, -0.1) is 0 Å². The normalized spacial score (nSPS) is 13.3. The average molecular weight is 376 g/mol. The molecule has 0 aromatic heterocycles. The number of rotatable bonds is 7. The van der Waals surface area contributed by atoms with E-state index in [9.17, 15) is 13.2 Å². The van der Waals surface area contributed by atoms with E-state index in [0.29, 0.717) is 5.56 Å². The summed E-state index contributed by atoms with van der Waals surface area (Å²) < 4.78 is 32.0. The molecule has 1 rings (SSSR count). The van der Waals surface area contributed by atoms with Gasteiger partial charge in [-0.1, -0.05) is 40.2 Å². The number of sulfonamides is 1. The van der Waals surface area contributed by atoms with Gasteiger partial charge >= 0.3 is 5.97 Å². The zero-order chi connectivity index (χ0) is 15.9. The van der Waals surface area contributed by atoms with Crippen LogP contribution in [0.25, 0.3) is 0 Å². The molecular formula is C14H18BrNO4S. The summed E-state index contributed by atoms with van der Waals surface area (Å²) >= 11 is 3.33. The number of benzene rings is 1. The summed E-state index contributed by atoms with van der Waals surface area (Å²) in [6, 6.07) is 6.48. The van der Waals surface area contributed by atoms with Crippen molar-refractivity contribution in [2.24, 2.45) is 0 Å². The number of ether oxygens (including phenoxy) is 1. The van der Waals surface area contributed by atoms with E-state index in [1.165, 1.54) is 7.11 Å². The molecule has 0 spiro atoms. The van der Waals surface area contributed by atoms with Crippen molar-refractivity contribution < 1.29 is 17.9 Å². The third-order valence-electron chi connectivity index (χ3n) is 2.72. The molecule has 0 saturated heterocycles. The first-order valence-corrected chi connectivity index (χ1v) is 8.76. The molecule has 7 heteroatoms. The van der Waals surface area contributed by atoms with E-state index in [1.807, 2.05) is 6.07 Å². The highest BCUT2D eigenvalue weighted by molar-refractivity contribution is 9.10. The Balaban J connectivity index is 3.00. The van der Waals surface area contributed by atoms with Crippen molar-refractivity contribution in [3.05, 3.63) is 46.5 Å². The Morgan fingerprint density at radius 3 is 2.76 bits per heavy atom. The summed E-state index contributed by atoms with van der Waals surface area (Å²) in [6.07, 6.45) is 3.13. The highest BCUT2D eigenvalue weighted by Crippen LogP contribution is 2.22. The van der Waals surface area contributed by atoms with Crippen LogP contribution in [0, 0.1) is 0 Å². The van der Waals surface area contributed by atoms with Gasteiger partial charge in [0.2, 0.25) is 10.0 Å². The van der Waals surface area contributed by atoms with Gasteiger partial charge in [0, 0.05) is 4.47 Å². The average Bonchev–Trinajstić information content (AvgIpc) is 2.44. The molecule has 0 heterocycles. The molecule has 0 amide bonds. The molecule has 0 fully saturated rings. The van der Waals surface area contributed by atoms with Crippen LogP contribution in [0.15, 0.2) is 40.9 Å². The van der Waals surface area contributed by atoms with Gasteiger partial charge in [-0.05, 0) is 24.6 Å². The van der Waals surface area contributed by atoms with Crippen molar-refractivity contribution in [2.75, 3.05) is 12.9 Å². The minimum atomic E-state index is -3.52. The Bertz CT molecular complexity index is 613. The lowest BCUT2D eigenvalue weighted by molar-refractivity contribution is -0.141. The molecule has 1 aromatic rings. The SMILES string of the molecule is CC=CCS(=O)(=O)NC(CC(=O)OC)c1cccc(Br)c1. The second kappa shape index (κ2) is 8.31. The van der Waals surface area contributed by atoms with Crippen molar-refractivity contribution in [3.63, 3.8) is 0 Å². The van der Waals surface area contributed by atoms with Crippen molar-refractivity contribution in [1.29, 1.82) is 0 Å². The van der Waals surface area contributed by atoms with E-state index >= 15 is 0 Å². The monoisotopic (exact) mass is 375 g/mol. The van der Waals surface area contributed by atoms with E-state index in [4.69, 9.17) is 0 Å². The molecule has 1 unspecified atom stereocenters. The summed E-state index contributed by atoms with van der Waals surface area (Å²) in [6.45, 7) is 1.75. The van der Waals surface area contributed by atoms with Gasteiger partial charge in [-0.25, -0.2) is 13.1 Å². The summed E-state index contributed by atoms with van der Waals surface area (Å²) in [5.41, 5.74) is 0.693. The second-order valence-corrected chi connectivity index (χ2v) is 7.07. The number of carbonyl (C=O) groups is 1. The van der Waals surface area contributed by atoms with Crippen molar-refractivity contribution in [2.45, 2.75) is 19.4 Å². The van der Waals surface area contributed by atoms with E-state index in [0.717, 1.165) is 4.47 Å². The summed E-state index contributed by atoms with van der Waals surface area (Å²) in [5, 5.41) is 0. The van der Waals surface area contributed by atoms with Crippen LogP contribution < -0.4 is 4.72 Å². The van der Waals surface area contributed by atoms with Gasteiger partial charge in [0.05, 0.1) is 25.3 Å². The number of esters is 1. The van der Waals surface area contributed by atoms with Gasteiger partial charge in [-0.3, -0.25) is 4.79 Å². The lowest BCUT2D eigenvalue weighted by Crippen LogP contribution is -2.32. The lowest BCUT2D eigenvalue weighted by Gasteiger charge is -2.18. The molecule has 21 heavy (non-hydrogen) atoms. The second-order valence-electron chi connectivity index (χ2n) is 4.36. The number of hydrogen-bond acceptors (Lipinski definition) is 4. The van der Waals surface area contributed by atoms with Crippen LogP contribution in [-0.2, 0) is 19.6 Å². The Morgan fingerprint density at radius 2 is 2.19 bits per heavy atom. The van der Waals surface area contributed by atoms with Crippen LogP contribution in [0.1, 0.15) is 24.9 Å². The fourth-order valence-electron chi connectivity index (χ4n) is 1.69. The fourth-order valence-corrected chi connectivity index (χ4v) is 3.30. The molecule has 1 atom stereocenters. The van der Waals surface area contributed by atoms with Crippen LogP contribution in [-0.4, -0.2) is 27.2 Å². The van der Waals surface area contributed by atoms with E-state index in [1.54, 1.807) is 37.3 Å². The summed E-state index contributed by atoms with van der Waals surface area (Å²) in [7, 11) is -2.25. The molecule has 0 aliphatic heterocycles. The Hall–Kier alpha value is -1.18. The van der Waals surface area contributed by atoms with Crippen molar-refractivity contribution in [3.8, 4) is 0 Å². The number of allylic oxidation sites excluding steroid dienone is 1. The highest BCUT2D eigenvalue weighted by Gasteiger charge is 2.22. The number of carbonyl (C=O) groups excluding carboxylic acids is 1. The molecule has 116 valence electrons. The third-order valence-corrected chi connectivity index (χ3v) is 4.49. The zero-order valence-corrected chi connectivity index (χ0v) is 14.3. The highest BCUT2D eigenvalue weighted by atomic mass is 79.9. The van der Waals surface area contributed by atoms with Gasteiger partial charge < -0.3 is 4.74 Å². The number of nitrogens with one attached hydrogen (secondary N) is 1. The van der Waals surface area contributed by atoms with Gasteiger partial charge in [0.15, 0.2) is 0 Å². The van der Waals surface area contributed by atoms with Crippen LogP contribution in [0.2, 0.25) is 0 Å². The van der Waals surface area contributed by atoms with Crippen LogP contribution >= 0.6 is 15.9 Å². The molecule has 1 N–H and O–H groups in total. The van der Waals surface area contributed by atoms with E-state index in [-0.39, 0.29) is 12.2 Å². The Morgan fingerprint density at radius 1 is 1.48 bits per heavy atom. The maximum atomic E-state index is 12.0. The number of halogens is 1. The molecule has 0 aliphatic rings. The Kier molecular flexibility index (Phi) is 7.07. The number of methoxy groups -OCH3 is 1. The van der Waals surface area contributed by atoms with Crippen molar-refractivity contribution in [1.82, 2.24) is 4.72 Å². The Labute approximate surface area is 133 Å². The molecule has 0 aliphatic carbocycles. The molecular weight excluding hydrogens is 358 g/mol. The minimum Gasteiger partial charge on any atom is -0.469 e. The molecule has 1 aromatic carbocycles. The first-order chi connectivity index (χ1) is 9.88. The standard InChI is InChI=1S/C14H18BrNO4S/c1-3-4-8-21(18,19)16-13(10-14(17)20-2)11-6-5-7-12(15)9-11/h3-7,9,13,16H,8,10H2,1-2H3.